The van der Waals surface area contributed by atoms with E-state index >= 15 is 0 Å². The number of aromatic nitrogens is 2. The number of aryl methyl sites for hydroxylation is 1. The van der Waals surface area contributed by atoms with Crippen molar-refractivity contribution >= 4 is 12.0 Å². The molecule has 0 aromatic carbocycles. The summed E-state index contributed by atoms with van der Waals surface area (Å²) in [5.41, 5.74) is -1.36. The number of hydrogen-bond donors (Lipinski definition) is 3. The summed E-state index contributed by atoms with van der Waals surface area (Å²) in [5, 5.41) is 17.6. The minimum Gasteiger partial charge on any atom is -0.479 e. The van der Waals surface area contributed by atoms with Crippen LogP contribution in [0.3, 0.4) is 0 Å². The molecule has 104 valence electrons. The number of aliphatic carboxylic acids is 1. The fourth-order valence-electron chi connectivity index (χ4n) is 1.72. The van der Waals surface area contributed by atoms with Crippen LogP contribution in [0.5, 0.6) is 0 Å². The Bertz CT molecular complexity index is 480. The minimum atomic E-state index is -1.36. The molecule has 1 aromatic heterocycles. The normalized spacial score (nSPS) is 22.2. The van der Waals surface area contributed by atoms with Crippen LogP contribution in [0.25, 0.3) is 0 Å². The van der Waals surface area contributed by atoms with E-state index in [0.29, 0.717) is 18.3 Å². The topological polar surface area (TPSA) is 127 Å². The molecule has 2 amide bonds. The fourth-order valence-corrected chi connectivity index (χ4v) is 1.72. The predicted molar refractivity (Wildman–Crippen MR) is 60.2 cm³/mol. The van der Waals surface area contributed by atoms with E-state index < -0.39 is 17.5 Å². The molecule has 0 saturated carbocycles. The van der Waals surface area contributed by atoms with Crippen molar-refractivity contribution in [1.29, 1.82) is 0 Å². The van der Waals surface area contributed by atoms with Gasteiger partial charge in [0.1, 0.15) is 0 Å². The molecule has 1 atom stereocenters. The maximum absolute atomic E-state index is 11.7. The summed E-state index contributed by atoms with van der Waals surface area (Å²) in [4.78, 5) is 26.7. The Hall–Kier alpha value is -2.16. The van der Waals surface area contributed by atoms with Crippen LogP contribution in [0.4, 0.5) is 4.79 Å². The molecular weight excluding hydrogens is 256 g/mol. The van der Waals surface area contributed by atoms with Crippen molar-refractivity contribution in [3.63, 3.8) is 0 Å². The summed E-state index contributed by atoms with van der Waals surface area (Å²) in [6.45, 7) is 1.94. The molecule has 19 heavy (non-hydrogen) atoms. The SMILES string of the molecule is Cc1nc(CNC(=O)NC2(C(=O)O)CCOC2)no1. The van der Waals surface area contributed by atoms with E-state index in [1.54, 1.807) is 6.92 Å². The van der Waals surface area contributed by atoms with Gasteiger partial charge in [0.15, 0.2) is 11.4 Å². The summed E-state index contributed by atoms with van der Waals surface area (Å²) in [5.74, 6) is -0.404. The average molecular weight is 270 g/mol. The highest BCUT2D eigenvalue weighted by atomic mass is 16.5. The first kappa shape index (κ1) is 13.3. The minimum absolute atomic E-state index is 0.0446. The van der Waals surface area contributed by atoms with Gasteiger partial charge >= 0.3 is 12.0 Å². The smallest absolute Gasteiger partial charge is 0.332 e. The largest absolute Gasteiger partial charge is 0.479 e. The Morgan fingerprint density at radius 1 is 1.53 bits per heavy atom. The molecule has 0 spiro atoms. The van der Waals surface area contributed by atoms with Crippen molar-refractivity contribution in [3.8, 4) is 0 Å². The Morgan fingerprint density at radius 3 is 2.84 bits per heavy atom. The molecule has 3 N–H and O–H groups in total. The Balaban J connectivity index is 1.88. The lowest BCUT2D eigenvalue weighted by molar-refractivity contribution is -0.144. The summed E-state index contributed by atoms with van der Waals surface area (Å²) < 4.78 is 9.77. The molecule has 0 radical (unpaired) electrons. The highest BCUT2D eigenvalue weighted by Gasteiger charge is 2.43. The Morgan fingerprint density at radius 2 is 2.32 bits per heavy atom. The molecule has 1 aliphatic heterocycles. The van der Waals surface area contributed by atoms with E-state index in [2.05, 4.69) is 20.8 Å². The Kier molecular flexibility index (Phi) is 3.65. The monoisotopic (exact) mass is 270 g/mol. The molecule has 0 bridgehead atoms. The zero-order chi connectivity index (χ0) is 13.9. The summed E-state index contributed by atoms with van der Waals surface area (Å²) in [7, 11) is 0. The van der Waals surface area contributed by atoms with E-state index in [1.807, 2.05) is 0 Å². The number of carboxylic acids is 1. The van der Waals surface area contributed by atoms with E-state index in [4.69, 9.17) is 14.4 Å². The van der Waals surface area contributed by atoms with Crippen LogP contribution in [0, 0.1) is 6.92 Å². The molecule has 1 aromatic rings. The number of urea groups is 1. The molecule has 1 unspecified atom stereocenters. The van der Waals surface area contributed by atoms with Gasteiger partial charge in [-0.15, -0.1) is 0 Å². The lowest BCUT2D eigenvalue weighted by Gasteiger charge is -2.23. The van der Waals surface area contributed by atoms with Crippen molar-refractivity contribution < 1.29 is 24.0 Å². The second kappa shape index (κ2) is 5.22. The maximum atomic E-state index is 11.7. The van der Waals surface area contributed by atoms with Crippen LogP contribution < -0.4 is 10.6 Å². The van der Waals surface area contributed by atoms with E-state index in [0.717, 1.165) is 0 Å². The molecule has 9 heteroatoms. The molecule has 1 fully saturated rings. The molecule has 1 saturated heterocycles. The summed E-state index contributed by atoms with van der Waals surface area (Å²) in [6, 6.07) is -0.615. The zero-order valence-corrected chi connectivity index (χ0v) is 10.3. The van der Waals surface area contributed by atoms with Gasteiger partial charge in [0, 0.05) is 20.0 Å². The van der Waals surface area contributed by atoms with Crippen molar-refractivity contribution in [2.75, 3.05) is 13.2 Å². The molecular formula is C10H14N4O5. The van der Waals surface area contributed by atoms with Gasteiger partial charge in [-0.3, -0.25) is 0 Å². The maximum Gasteiger partial charge on any atom is 0.332 e. The third-order valence-electron chi connectivity index (χ3n) is 2.76. The number of carbonyl (C=O) groups excluding carboxylic acids is 1. The third-order valence-corrected chi connectivity index (χ3v) is 2.76. The van der Waals surface area contributed by atoms with Gasteiger partial charge < -0.3 is 25.0 Å². The average Bonchev–Trinajstić information content (AvgIpc) is 2.97. The van der Waals surface area contributed by atoms with E-state index in [-0.39, 0.29) is 19.6 Å². The van der Waals surface area contributed by atoms with Gasteiger partial charge in [-0.25, -0.2) is 9.59 Å². The predicted octanol–water partition coefficient (Wildman–Crippen LogP) is -0.579. The first-order chi connectivity index (χ1) is 9.02. The van der Waals surface area contributed by atoms with Gasteiger partial charge in [0.05, 0.1) is 13.2 Å². The molecule has 0 aliphatic carbocycles. The van der Waals surface area contributed by atoms with Gasteiger partial charge in [-0.05, 0) is 0 Å². The number of carboxylic acid groups (broad SMARTS) is 1. The number of hydrogen-bond acceptors (Lipinski definition) is 6. The van der Waals surface area contributed by atoms with E-state index in [9.17, 15) is 9.59 Å². The van der Waals surface area contributed by atoms with Crippen LogP contribution >= 0.6 is 0 Å². The number of amides is 2. The zero-order valence-electron chi connectivity index (χ0n) is 10.3. The van der Waals surface area contributed by atoms with Gasteiger partial charge in [-0.1, -0.05) is 5.16 Å². The molecule has 9 nitrogen and oxygen atoms in total. The fraction of sp³-hybridized carbons (Fsp3) is 0.600. The Labute approximate surface area is 108 Å². The first-order valence-electron chi connectivity index (χ1n) is 5.68. The highest BCUT2D eigenvalue weighted by molar-refractivity contribution is 5.86. The lowest BCUT2D eigenvalue weighted by Crippen LogP contribution is -2.57. The standard InChI is InChI=1S/C10H14N4O5/c1-6-12-7(14-19-6)4-11-9(17)13-10(8(15)16)2-3-18-5-10/h2-5H2,1H3,(H,15,16)(H2,11,13,17). The number of nitrogens with one attached hydrogen (secondary N) is 2. The second-order valence-electron chi connectivity index (χ2n) is 4.23. The van der Waals surface area contributed by atoms with Crippen LogP contribution in [-0.2, 0) is 16.1 Å². The molecule has 2 rings (SSSR count). The quantitative estimate of drug-likeness (QED) is 0.668. The van der Waals surface area contributed by atoms with Crippen LogP contribution in [0.2, 0.25) is 0 Å². The van der Waals surface area contributed by atoms with Gasteiger partial charge in [-0.2, -0.15) is 4.98 Å². The number of nitrogens with zero attached hydrogens (tertiary/aromatic N) is 2. The van der Waals surface area contributed by atoms with Gasteiger partial charge in [0.2, 0.25) is 5.89 Å². The molecule has 2 heterocycles. The van der Waals surface area contributed by atoms with Crippen molar-refractivity contribution in [2.24, 2.45) is 0 Å². The van der Waals surface area contributed by atoms with Crippen molar-refractivity contribution in [3.05, 3.63) is 11.7 Å². The molecule has 1 aliphatic rings. The van der Waals surface area contributed by atoms with Crippen LogP contribution in [-0.4, -0.2) is 46.0 Å². The number of carbonyl (C=O) groups is 2. The number of rotatable bonds is 4. The second-order valence-corrected chi connectivity index (χ2v) is 4.23. The van der Waals surface area contributed by atoms with E-state index in [1.165, 1.54) is 0 Å². The highest BCUT2D eigenvalue weighted by Crippen LogP contribution is 2.18. The van der Waals surface area contributed by atoms with Gasteiger partial charge in [0.25, 0.3) is 0 Å². The lowest BCUT2D eigenvalue weighted by atomic mass is 9.99. The summed E-state index contributed by atoms with van der Waals surface area (Å²) in [6.07, 6.45) is 0.233. The van der Waals surface area contributed by atoms with Crippen molar-refractivity contribution in [1.82, 2.24) is 20.8 Å². The summed E-state index contributed by atoms with van der Waals surface area (Å²) >= 11 is 0. The van der Waals surface area contributed by atoms with Crippen LogP contribution in [0.15, 0.2) is 4.52 Å². The third kappa shape index (κ3) is 2.99. The first-order valence-corrected chi connectivity index (χ1v) is 5.68. The van der Waals surface area contributed by atoms with Crippen molar-refractivity contribution in [2.45, 2.75) is 25.4 Å². The van der Waals surface area contributed by atoms with Crippen LogP contribution in [0.1, 0.15) is 18.1 Å². The number of ether oxygens (including phenoxy) is 1.